The van der Waals surface area contributed by atoms with E-state index in [1.807, 2.05) is 0 Å². The summed E-state index contributed by atoms with van der Waals surface area (Å²) in [5, 5.41) is 1.12. The fourth-order valence-electron chi connectivity index (χ4n) is 1.15. The van der Waals surface area contributed by atoms with Crippen LogP contribution in [0.15, 0.2) is 51.2 Å². The van der Waals surface area contributed by atoms with Crippen LogP contribution in [0.3, 0.4) is 0 Å². The van der Waals surface area contributed by atoms with Gasteiger partial charge < -0.3 is 0 Å². The van der Waals surface area contributed by atoms with Crippen LogP contribution >= 0.6 is 27.7 Å². The molecule has 0 atom stereocenters. The zero-order valence-electron chi connectivity index (χ0n) is 8.78. The van der Waals surface area contributed by atoms with E-state index in [1.54, 1.807) is 18.3 Å². The summed E-state index contributed by atoms with van der Waals surface area (Å²) >= 11 is 4.51. The first-order valence-corrected chi connectivity index (χ1v) is 6.39. The Morgan fingerprint density at radius 3 is 2.44 bits per heavy atom. The molecule has 0 unspecified atom stereocenters. The van der Waals surface area contributed by atoms with Crippen molar-refractivity contribution in [2.24, 2.45) is 0 Å². The molecule has 2 nitrogen and oxygen atoms in total. The topological polar surface area (TPSA) is 25.8 Å². The Bertz CT molecular complexity index is 543. The molecule has 0 spiro atoms. The zero-order valence-corrected chi connectivity index (χ0v) is 11.2. The molecule has 0 aliphatic rings. The second kappa shape index (κ2) is 5.27. The summed E-state index contributed by atoms with van der Waals surface area (Å²) in [5.41, 5.74) is -0.757. The third kappa shape index (κ3) is 3.23. The summed E-state index contributed by atoms with van der Waals surface area (Å²) in [5.74, 6) is 0. The van der Waals surface area contributed by atoms with Crippen LogP contribution in [-0.2, 0) is 6.18 Å². The average molecular weight is 335 g/mol. The molecular weight excluding hydrogens is 329 g/mol. The van der Waals surface area contributed by atoms with E-state index >= 15 is 0 Å². The number of rotatable bonds is 2. The number of pyridine rings is 2. The molecule has 0 fully saturated rings. The highest BCUT2D eigenvalue weighted by Crippen LogP contribution is 2.33. The van der Waals surface area contributed by atoms with Crippen molar-refractivity contribution in [3.05, 3.63) is 46.7 Å². The lowest BCUT2D eigenvalue weighted by atomic mass is 10.3. The third-order valence-electron chi connectivity index (χ3n) is 1.99. The number of alkyl halides is 3. The number of aromatic nitrogens is 2. The molecular formula is C11H6BrF3N2S. The Morgan fingerprint density at radius 2 is 1.89 bits per heavy atom. The van der Waals surface area contributed by atoms with Crippen LogP contribution in [0.5, 0.6) is 0 Å². The summed E-state index contributed by atoms with van der Waals surface area (Å²) in [6.45, 7) is 0. The Balaban J connectivity index is 2.19. The van der Waals surface area contributed by atoms with Gasteiger partial charge in [-0.1, -0.05) is 0 Å². The highest BCUT2D eigenvalue weighted by atomic mass is 79.9. The van der Waals surface area contributed by atoms with Gasteiger partial charge in [0, 0.05) is 12.4 Å². The number of nitrogens with zero attached hydrogens (tertiary/aromatic N) is 2. The van der Waals surface area contributed by atoms with E-state index in [0.29, 0.717) is 10.1 Å². The lowest BCUT2D eigenvalue weighted by Gasteiger charge is -2.06. The zero-order chi connectivity index (χ0) is 13.2. The fourth-order valence-corrected chi connectivity index (χ4v) is 2.37. The largest absolute Gasteiger partial charge is 0.417 e. The van der Waals surface area contributed by atoms with Crippen LogP contribution in [0, 0.1) is 0 Å². The van der Waals surface area contributed by atoms with Crippen molar-refractivity contribution in [1.82, 2.24) is 9.97 Å². The van der Waals surface area contributed by atoms with Crippen molar-refractivity contribution in [1.29, 1.82) is 0 Å². The summed E-state index contributed by atoms with van der Waals surface area (Å²) in [6, 6.07) is 5.90. The van der Waals surface area contributed by atoms with Gasteiger partial charge in [0.25, 0.3) is 0 Å². The molecule has 2 aromatic heterocycles. The molecule has 7 heteroatoms. The highest BCUT2D eigenvalue weighted by molar-refractivity contribution is 9.10. The van der Waals surface area contributed by atoms with E-state index in [0.717, 1.165) is 16.7 Å². The van der Waals surface area contributed by atoms with Gasteiger partial charge in [-0.25, -0.2) is 9.97 Å². The van der Waals surface area contributed by atoms with Crippen LogP contribution in [0.4, 0.5) is 13.2 Å². The lowest BCUT2D eigenvalue weighted by molar-refractivity contribution is -0.137. The van der Waals surface area contributed by atoms with Crippen molar-refractivity contribution in [3.63, 3.8) is 0 Å². The first-order chi connectivity index (χ1) is 8.47. The van der Waals surface area contributed by atoms with Crippen LogP contribution in [-0.4, -0.2) is 9.97 Å². The maximum atomic E-state index is 12.3. The van der Waals surface area contributed by atoms with Crippen molar-refractivity contribution < 1.29 is 13.2 Å². The van der Waals surface area contributed by atoms with Gasteiger partial charge in [0.1, 0.15) is 10.1 Å². The van der Waals surface area contributed by atoms with Gasteiger partial charge in [-0.2, -0.15) is 13.2 Å². The standard InChI is InChI=1S/C11H6BrF3N2S/c12-8-2-1-5-16-10(8)18-9-4-3-7(6-17-9)11(13,14)15/h1-6H. The van der Waals surface area contributed by atoms with Crippen molar-refractivity contribution in [2.45, 2.75) is 16.2 Å². The van der Waals surface area contributed by atoms with Crippen LogP contribution < -0.4 is 0 Å². The number of hydrogen-bond donors (Lipinski definition) is 0. The van der Waals surface area contributed by atoms with Gasteiger partial charge in [-0.05, 0) is 52.0 Å². The maximum absolute atomic E-state index is 12.3. The van der Waals surface area contributed by atoms with Crippen molar-refractivity contribution >= 4 is 27.7 Å². The first-order valence-electron chi connectivity index (χ1n) is 4.78. The molecule has 0 N–H and O–H groups in total. The van der Waals surface area contributed by atoms with Gasteiger partial charge in [-0.3, -0.25) is 0 Å². The molecule has 2 rings (SSSR count). The predicted molar refractivity (Wildman–Crippen MR) is 65.3 cm³/mol. The minimum absolute atomic E-state index is 0.461. The van der Waals surface area contributed by atoms with E-state index in [-0.39, 0.29) is 0 Å². The van der Waals surface area contributed by atoms with E-state index in [1.165, 1.54) is 17.8 Å². The Morgan fingerprint density at radius 1 is 1.11 bits per heavy atom. The average Bonchev–Trinajstić information content (AvgIpc) is 2.32. The van der Waals surface area contributed by atoms with Gasteiger partial charge in [0.2, 0.25) is 0 Å². The summed E-state index contributed by atoms with van der Waals surface area (Å²) in [4.78, 5) is 7.86. The van der Waals surface area contributed by atoms with E-state index in [4.69, 9.17) is 0 Å². The summed E-state index contributed by atoms with van der Waals surface area (Å²) in [6.07, 6.45) is -1.93. The molecule has 0 saturated carbocycles. The number of hydrogen-bond acceptors (Lipinski definition) is 3. The van der Waals surface area contributed by atoms with E-state index in [9.17, 15) is 13.2 Å². The molecule has 2 aromatic rings. The Hall–Kier alpha value is -1.08. The SMILES string of the molecule is FC(F)(F)c1ccc(Sc2ncccc2Br)nc1. The van der Waals surface area contributed by atoms with Gasteiger partial charge >= 0.3 is 6.18 Å². The molecule has 0 radical (unpaired) electrons. The molecule has 0 amide bonds. The minimum atomic E-state index is -4.36. The minimum Gasteiger partial charge on any atom is -0.249 e. The van der Waals surface area contributed by atoms with Crippen LogP contribution in [0.1, 0.15) is 5.56 Å². The molecule has 0 aliphatic heterocycles. The number of halogens is 4. The molecule has 0 saturated heterocycles. The van der Waals surface area contributed by atoms with Gasteiger partial charge in [-0.15, -0.1) is 0 Å². The van der Waals surface area contributed by atoms with E-state index in [2.05, 4.69) is 25.9 Å². The van der Waals surface area contributed by atoms with Crippen molar-refractivity contribution in [3.8, 4) is 0 Å². The lowest BCUT2D eigenvalue weighted by Crippen LogP contribution is -2.05. The highest BCUT2D eigenvalue weighted by Gasteiger charge is 2.30. The Labute approximate surface area is 114 Å². The van der Waals surface area contributed by atoms with Gasteiger partial charge in [0.15, 0.2) is 0 Å². The van der Waals surface area contributed by atoms with Crippen LogP contribution in [0.2, 0.25) is 0 Å². The second-order valence-electron chi connectivity index (χ2n) is 3.28. The Kier molecular flexibility index (Phi) is 3.91. The maximum Gasteiger partial charge on any atom is 0.417 e. The van der Waals surface area contributed by atoms with Gasteiger partial charge in [0.05, 0.1) is 10.0 Å². The summed E-state index contributed by atoms with van der Waals surface area (Å²) < 4.78 is 37.8. The second-order valence-corrected chi connectivity index (χ2v) is 5.14. The van der Waals surface area contributed by atoms with E-state index < -0.39 is 11.7 Å². The molecule has 0 aliphatic carbocycles. The van der Waals surface area contributed by atoms with Crippen LogP contribution in [0.25, 0.3) is 0 Å². The predicted octanol–water partition coefficient (Wildman–Crippen LogP) is 4.41. The normalized spacial score (nSPS) is 11.6. The molecule has 94 valence electrons. The monoisotopic (exact) mass is 334 g/mol. The summed E-state index contributed by atoms with van der Waals surface area (Å²) in [7, 11) is 0. The molecule has 0 bridgehead atoms. The fraction of sp³-hybridized carbons (Fsp3) is 0.0909. The molecule has 2 heterocycles. The molecule has 0 aromatic carbocycles. The quantitative estimate of drug-likeness (QED) is 0.813. The smallest absolute Gasteiger partial charge is 0.249 e. The first kappa shape index (κ1) is 13.4. The third-order valence-corrected chi connectivity index (χ3v) is 3.86. The van der Waals surface area contributed by atoms with Crippen molar-refractivity contribution in [2.75, 3.05) is 0 Å². The molecule has 18 heavy (non-hydrogen) atoms.